The zero-order chi connectivity index (χ0) is 23.5. The number of carbonyl (C=O) groups excluding carboxylic acids is 4. The summed E-state index contributed by atoms with van der Waals surface area (Å²) in [5.41, 5.74) is -0.263. The van der Waals surface area contributed by atoms with E-state index < -0.39 is 35.1 Å². The molecule has 0 aliphatic rings. The lowest BCUT2D eigenvalue weighted by Crippen LogP contribution is -2.24. The van der Waals surface area contributed by atoms with Crippen molar-refractivity contribution in [3.05, 3.63) is 35.4 Å². The van der Waals surface area contributed by atoms with Crippen molar-refractivity contribution < 1.29 is 38.1 Å². The van der Waals surface area contributed by atoms with E-state index in [1.165, 1.54) is 14.2 Å². The highest BCUT2D eigenvalue weighted by Crippen LogP contribution is 2.15. The first-order chi connectivity index (χ1) is 13.7. The van der Waals surface area contributed by atoms with Gasteiger partial charge in [-0.2, -0.15) is 0 Å². The highest BCUT2D eigenvalue weighted by Gasteiger charge is 2.20. The van der Waals surface area contributed by atoms with Crippen LogP contribution >= 0.6 is 0 Å². The summed E-state index contributed by atoms with van der Waals surface area (Å²) >= 11 is 0. The third-order valence-corrected chi connectivity index (χ3v) is 3.14. The van der Waals surface area contributed by atoms with Crippen LogP contribution in [0.15, 0.2) is 24.3 Å². The summed E-state index contributed by atoms with van der Waals surface area (Å²) in [5, 5.41) is 0. The number of hydrogen-bond donors (Lipinski definition) is 0. The third kappa shape index (κ3) is 12.5. The Balaban J connectivity index is 0.000000710. The first-order valence-electron chi connectivity index (χ1n) is 9.39. The number of hydrogen-bond acceptors (Lipinski definition) is 8. The molecule has 0 heterocycles. The fraction of sp³-hybridized carbons (Fsp3) is 0.545. The molecule has 0 aliphatic carbocycles. The molecule has 0 unspecified atom stereocenters. The molecule has 0 saturated carbocycles. The van der Waals surface area contributed by atoms with Crippen LogP contribution in [0, 0.1) is 0 Å². The van der Waals surface area contributed by atoms with Gasteiger partial charge in [-0.3, -0.25) is 9.59 Å². The molecule has 0 N–H and O–H groups in total. The van der Waals surface area contributed by atoms with Gasteiger partial charge in [-0.05, 0) is 65.8 Å². The molecular formula is C22H32O8. The van der Waals surface area contributed by atoms with Gasteiger partial charge in [-0.15, -0.1) is 0 Å². The Morgan fingerprint density at radius 2 is 0.900 bits per heavy atom. The molecule has 0 bridgehead atoms. The Kier molecular flexibility index (Phi) is 10.8. The number of benzene rings is 1. The zero-order valence-electron chi connectivity index (χ0n) is 19.0. The molecule has 0 radical (unpaired) electrons. The van der Waals surface area contributed by atoms with E-state index in [1.807, 2.05) is 0 Å². The summed E-state index contributed by atoms with van der Waals surface area (Å²) in [6.07, 6.45) is 0.173. The van der Waals surface area contributed by atoms with Gasteiger partial charge in [0.2, 0.25) is 0 Å². The summed E-state index contributed by atoms with van der Waals surface area (Å²) in [5.74, 6) is -1.61. The summed E-state index contributed by atoms with van der Waals surface area (Å²) in [6, 6.07) is 6.25. The van der Waals surface area contributed by atoms with E-state index in [9.17, 15) is 19.2 Å². The predicted molar refractivity (Wildman–Crippen MR) is 110 cm³/mol. The van der Waals surface area contributed by atoms with Crippen molar-refractivity contribution >= 4 is 23.9 Å². The third-order valence-electron chi connectivity index (χ3n) is 3.14. The predicted octanol–water partition coefficient (Wildman–Crippen LogP) is 3.71. The quantitative estimate of drug-likeness (QED) is 0.520. The lowest BCUT2D eigenvalue weighted by Gasteiger charge is -2.20. The molecule has 0 aromatic heterocycles. The lowest BCUT2D eigenvalue weighted by molar-refractivity contribution is -0.147. The Hall–Kier alpha value is -2.90. The average molecular weight is 424 g/mol. The van der Waals surface area contributed by atoms with Gasteiger partial charge in [0.05, 0.1) is 38.2 Å². The van der Waals surface area contributed by atoms with Crippen LogP contribution in [-0.2, 0) is 28.5 Å². The summed E-state index contributed by atoms with van der Waals surface area (Å²) in [7, 11) is 2.55. The number of carbonyl (C=O) groups is 4. The van der Waals surface area contributed by atoms with Gasteiger partial charge in [-0.25, -0.2) is 9.59 Å². The van der Waals surface area contributed by atoms with Crippen LogP contribution in [0.1, 0.15) is 75.1 Å². The van der Waals surface area contributed by atoms with Crippen molar-refractivity contribution in [3.63, 3.8) is 0 Å². The minimum atomic E-state index is -0.541. The van der Waals surface area contributed by atoms with Gasteiger partial charge in [0.1, 0.15) is 11.2 Å². The SMILES string of the molecule is CC(C)(C)OC(=O)c1ccc(C(=O)OC(C)(C)C)cc1.COC(=O)CCC(=O)OC. The Morgan fingerprint density at radius 3 is 1.10 bits per heavy atom. The molecule has 1 aromatic rings. The zero-order valence-corrected chi connectivity index (χ0v) is 19.0. The normalized spacial score (nSPS) is 10.8. The van der Waals surface area contributed by atoms with Gasteiger partial charge in [0, 0.05) is 0 Å². The van der Waals surface area contributed by atoms with E-state index in [1.54, 1.807) is 65.8 Å². The molecule has 0 saturated heterocycles. The highest BCUT2D eigenvalue weighted by atomic mass is 16.6. The maximum Gasteiger partial charge on any atom is 0.338 e. The molecule has 168 valence electrons. The highest BCUT2D eigenvalue weighted by molar-refractivity contribution is 5.93. The number of esters is 4. The second-order valence-corrected chi connectivity index (χ2v) is 8.23. The monoisotopic (exact) mass is 424 g/mol. The molecule has 1 rings (SSSR count). The number of methoxy groups -OCH3 is 2. The first-order valence-corrected chi connectivity index (χ1v) is 9.39. The Bertz CT molecular complexity index is 658. The summed E-state index contributed by atoms with van der Waals surface area (Å²) < 4.78 is 19.1. The van der Waals surface area contributed by atoms with E-state index in [4.69, 9.17) is 9.47 Å². The minimum Gasteiger partial charge on any atom is -0.469 e. The molecule has 0 amide bonds. The van der Waals surface area contributed by atoms with E-state index in [0.717, 1.165) is 0 Å². The molecule has 0 fully saturated rings. The van der Waals surface area contributed by atoms with Gasteiger partial charge in [0.25, 0.3) is 0 Å². The van der Waals surface area contributed by atoms with Crippen LogP contribution in [0.25, 0.3) is 0 Å². The standard InChI is InChI=1S/C16H22O4.C6H10O4/c1-15(2,3)19-13(17)11-7-9-12(10-8-11)14(18)20-16(4,5)6;1-9-5(7)3-4-6(8)10-2/h7-10H,1-6H3;3-4H2,1-2H3. The smallest absolute Gasteiger partial charge is 0.338 e. The lowest BCUT2D eigenvalue weighted by atomic mass is 10.1. The van der Waals surface area contributed by atoms with Crippen molar-refractivity contribution in [2.24, 2.45) is 0 Å². The molecule has 8 heteroatoms. The van der Waals surface area contributed by atoms with Crippen LogP contribution in [-0.4, -0.2) is 49.3 Å². The van der Waals surface area contributed by atoms with Crippen molar-refractivity contribution in [1.29, 1.82) is 0 Å². The second-order valence-electron chi connectivity index (χ2n) is 8.23. The second kappa shape index (κ2) is 11.9. The summed E-state index contributed by atoms with van der Waals surface area (Å²) in [4.78, 5) is 44.5. The van der Waals surface area contributed by atoms with Gasteiger partial charge < -0.3 is 18.9 Å². The van der Waals surface area contributed by atoms with Crippen molar-refractivity contribution in [1.82, 2.24) is 0 Å². The van der Waals surface area contributed by atoms with Crippen molar-refractivity contribution in [3.8, 4) is 0 Å². The molecule has 0 spiro atoms. The molecule has 8 nitrogen and oxygen atoms in total. The van der Waals surface area contributed by atoms with Crippen molar-refractivity contribution in [2.45, 2.75) is 65.6 Å². The fourth-order valence-electron chi connectivity index (χ4n) is 1.82. The molecule has 0 aliphatic heterocycles. The van der Waals surface area contributed by atoms with Crippen LogP contribution < -0.4 is 0 Å². The van der Waals surface area contributed by atoms with Gasteiger partial charge in [0.15, 0.2) is 0 Å². The molecule has 0 atom stereocenters. The van der Waals surface area contributed by atoms with Crippen LogP contribution in [0.3, 0.4) is 0 Å². The maximum atomic E-state index is 11.8. The first kappa shape index (κ1) is 27.1. The fourth-order valence-corrected chi connectivity index (χ4v) is 1.82. The van der Waals surface area contributed by atoms with Crippen molar-refractivity contribution in [2.75, 3.05) is 14.2 Å². The molecule has 1 aromatic carbocycles. The Labute approximate surface area is 177 Å². The van der Waals surface area contributed by atoms with Gasteiger partial charge in [-0.1, -0.05) is 0 Å². The molecule has 30 heavy (non-hydrogen) atoms. The number of ether oxygens (including phenoxy) is 4. The largest absolute Gasteiger partial charge is 0.469 e. The number of rotatable bonds is 5. The topological polar surface area (TPSA) is 105 Å². The van der Waals surface area contributed by atoms with E-state index >= 15 is 0 Å². The van der Waals surface area contributed by atoms with Crippen LogP contribution in [0.5, 0.6) is 0 Å². The van der Waals surface area contributed by atoms with Crippen LogP contribution in [0.4, 0.5) is 0 Å². The van der Waals surface area contributed by atoms with E-state index in [-0.39, 0.29) is 12.8 Å². The minimum absolute atomic E-state index is 0.0865. The maximum absolute atomic E-state index is 11.8. The van der Waals surface area contributed by atoms with E-state index in [0.29, 0.717) is 11.1 Å². The Morgan fingerprint density at radius 1 is 0.633 bits per heavy atom. The van der Waals surface area contributed by atoms with Gasteiger partial charge >= 0.3 is 23.9 Å². The summed E-state index contributed by atoms with van der Waals surface area (Å²) in [6.45, 7) is 10.8. The average Bonchev–Trinajstić information content (AvgIpc) is 2.63. The van der Waals surface area contributed by atoms with E-state index in [2.05, 4.69) is 9.47 Å². The van der Waals surface area contributed by atoms with Crippen LogP contribution in [0.2, 0.25) is 0 Å². The molecular weight excluding hydrogens is 392 g/mol.